The molecule has 0 saturated heterocycles. The SMILES string of the molecule is Cc1ccc2c(=O)c(OCC(=O)c3cccs3)c(-c3ccc(C(C)(C)C)cc3)oc2c1. The predicted octanol–water partition coefficient (Wildman–Crippen LogP) is 6.39. The van der Waals surface area contributed by atoms with Crippen molar-refractivity contribution in [3.8, 4) is 17.1 Å². The fraction of sp³-hybridized carbons (Fsp3) is 0.231. The van der Waals surface area contributed by atoms with E-state index >= 15 is 0 Å². The molecule has 5 heteroatoms. The Labute approximate surface area is 185 Å². The van der Waals surface area contributed by atoms with Gasteiger partial charge in [-0.1, -0.05) is 57.2 Å². The van der Waals surface area contributed by atoms with E-state index in [4.69, 9.17) is 9.15 Å². The molecule has 0 radical (unpaired) electrons. The van der Waals surface area contributed by atoms with Crippen molar-refractivity contribution in [2.45, 2.75) is 33.1 Å². The van der Waals surface area contributed by atoms with E-state index in [2.05, 4.69) is 20.8 Å². The molecule has 4 rings (SSSR count). The number of thiophene rings is 1. The summed E-state index contributed by atoms with van der Waals surface area (Å²) in [6.45, 7) is 8.15. The number of carbonyl (C=O) groups is 1. The summed E-state index contributed by atoms with van der Waals surface area (Å²) in [5.74, 6) is 0.222. The third kappa shape index (κ3) is 4.32. The number of ketones is 1. The van der Waals surface area contributed by atoms with E-state index in [9.17, 15) is 9.59 Å². The van der Waals surface area contributed by atoms with Gasteiger partial charge in [-0.05, 0) is 47.0 Å². The zero-order valence-electron chi connectivity index (χ0n) is 18.0. The molecule has 0 unspecified atom stereocenters. The second-order valence-electron chi connectivity index (χ2n) is 8.61. The highest BCUT2D eigenvalue weighted by Crippen LogP contribution is 2.33. The third-order valence-electron chi connectivity index (χ3n) is 5.16. The van der Waals surface area contributed by atoms with Gasteiger partial charge in [0.15, 0.2) is 12.4 Å². The molecule has 4 aromatic rings. The van der Waals surface area contributed by atoms with Crippen molar-refractivity contribution in [2.75, 3.05) is 6.61 Å². The van der Waals surface area contributed by atoms with Gasteiger partial charge in [0, 0.05) is 5.56 Å². The van der Waals surface area contributed by atoms with Crippen LogP contribution >= 0.6 is 11.3 Å². The monoisotopic (exact) mass is 432 g/mol. The van der Waals surface area contributed by atoms with E-state index in [1.165, 1.54) is 16.9 Å². The van der Waals surface area contributed by atoms with Crippen molar-refractivity contribution in [3.63, 3.8) is 0 Å². The Morgan fingerprint density at radius 1 is 1.06 bits per heavy atom. The van der Waals surface area contributed by atoms with Crippen LogP contribution in [-0.2, 0) is 5.41 Å². The first-order chi connectivity index (χ1) is 14.7. The number of Topliss-reactive ketones (excluding diaryl/α,β-unsaturated/α-hetero) is 1. The van der Waals surface area contributed by atoms with Gasteiger partial charge in [0.25, 0.3) is 0 Å². The van der Waals surface area contributed by atoms with Gasteiger partial charge < -0.3 is 9.15 Å². The lowest BCUT2D eigenvalue weighted by Gasteiger charge is -2.19. The van der Waals surface area contributed by atoms with Gasteiger partial charge in [0.2, 0.25) is 17.0 Å². The molecule has 0 saturated carbocycles. The molecule has 0 fully saturated rings. The Morgan fingerprint density at radius 3 is 2.45 bits per heavy atom. The average molecular weight is 433 g/mol. The molecule has 31 heavy (non-hydrogen) atoms. The zero-order valence-corrected chi connectivity index (χ0v) is 18.8. The van der Waals surface area contributed by atoms with Crippen LogP contribution in [0.1, 0.15) is 41.6 Å². The summed E-state index contributed by atoms with van der Waals surface area (Å²) >= 11 is 1.35. The number of ether oxygens (including phenoxy) is 1. The highest BCUT2D eigenvalue weighted by molar-refractivity contribution is 7.12. The second-order valence-corrected chi connectivity index (χ2v) is 9.55. The summed E-state index contributed by atoms with van der Waals surface area (Å²) in [6.07, 6.45) is 0. The first-order valence-electron chi connectivity index (χ1n) is 10.1. The van der Waals surface area contributed by atoms with Crippen LogP contribution < -0.4 is 10.2 Å². The van der Waals surface area contributed by atoms with Crippen LogP contribution in [0.25, 0.3) is 22.3 Å². The summed E-state index contributed by atoms with van der Waals surface area (Å²) in [6, 6.07) is 16.9. The summed E-state index contributed by atoms with van der Waals surface area (Å²) in [5.41, 5.74) is 3.11. The number of fused-ring (bicyclic) bond motifs is 1. The zero-order chi connectivity index (χ0) is 22.2. The maximum atomic E-state index is 13.3. The lowest BCUT2D eigenvalue weighted by atomic mass is 9.86. The van der Waals surface area contributed by atoms with Gasteiger partial charge in [-0.15, -0.1) is 11.3 Å². The number of aryl methyl sites for hydroxylation is 1. The molecule has 0 N–H and O–H groups in total. The Balaban J connectivity index is 1.81. The van der Waals surface area contributed by atoms with Crippen molar-refractivity contribution in [1.82, 2.24) is 0 Å². The smallest absolute Gasteiger partial charge is 0.235 e. The first kappa shape index (κ1) is 21.1. The van der Waals surface area contributed by atoms with E-state index in [-0.39, 0.29) is 29.0 Å². The van der Waals surface area contributed by atoms with Gasteiger partial charge in [-0.2, -0.15) is 0 Å². The molecule has 4 nitrogen and oxygen atoms in total. The second kappa shape index (κ2) is 8.16. The summed E-state index contributed by atoms with van der Waals surface area (Å²) in [4.78, 5) is 26.3. The molecule has 0 aliphatic carbocycles. The Bertz CT molecular complexity index is 1290. The van der Waals surface area contributed by atoms with Crippen LogP contribution in [0.5, 0.6) is 5.75 Å². The van der Waals surface area contributed by atoms with E-state index in [0.29, 0.717) is 21.6 Å². The Kier molecular flexibility index (Phi) is 5.54. The normalized spacial score (nSPS) is 11.6. The van der Waals surface area contributed by atoms with Crippen LogP contribution in [0, 0.1) is 6.92 Å². The van der Waals surface area contributed by atoms with Crippen molar-refractivity contribution >= 4 is 28.1 Å². The van der Waals surface area contributed by atoms with E-state index < -0.39 is 0 Å². The summed E-state index contributed by atoms with van der Waals surface area (Å²) in [7, 11) is 0. The molecule has 0 amide bonds. The Morgan fingerprint density at radius 2 is 1.81 bits per heavy atom. The number of hydrogen-bond donors (Lipinski definition) is 0. The van der Waals surface area contributed by atoms with Crippen LogP contribution in [-0.4, -0.2) is 12.4 Å². The first-order valence-corrected chi connectivity index (χ1v) is 11.0. The van der Waals surface area contributed by atoms with Crippen LogP contribution in [0.3, 0.4) is 0 Å². The maximum Gasteiger partial charge on any atom is 0.235 e. The standard InChI is InChI=1S/C26H24O4S/c1-16-7-12-19-21(14-16)30-24(17-8-10-18(11-9-17)26(2,3)4)25(23(19)28)29-15-20(27)22-6-5-13-31-22/h5-14H,15H2,1-4H3. The third-order valence-corrected chi connectivity index (χ3v) is 6.07. The van der Waals surface area contributed by atoms with Crippen molar-refractivity contribution in [3.05, 3.63) is 86.2 Å². The highest BCUT2D eigenvalue weighted by Gasteiger charge is 2.21. The molecule has 2 aromatic carbocycles. The topological polar surface area (TPSA) is 56.5 Å². The van der Waals surface area contributed by atoms with Crippen molar-refractivity contribution in [2.24, 2.45) is 0 Å². The van der Waals surface area contributed by atoms with Crippen LogP contribution in [0.4, 0.5) is 0 Å². The molecule has 2 aromatic heterocycles. The minimum absolute atomic E-state index is 0.00627. The molecule has 158 valence electrons. The molecule has 2 heterocycles. The van der Waals surface area contributed by atoms with E-state index in [1.807, 2.05) is 54.8 Å². The number of carbonyl (C=O) groups excluding carboxylic acids is 1. The van der Waals surface area contributed by atoms with E-state index in [0.717, 1.165) is 11.1 Å². The van der Waals surface area contributed by atoms with Gasteiger partial charge >= 0.3 is 0 Å². The average Bonchev–Trinajstić information content (AvgIpc) is 3.27. The quantitative estimate of drug-likeness (QED) is 0.343. The largest absolute Gasteiger partial charge is 0.478 e. The Hall–Kier alpha value is -3.18. The lowest BCUT2D eigenvalue weighted by Crippen LogP contribution is -2.16. The van der Waals surface area contributed by atoms with Gasteiger partial charge in [-0.25, -0.2) is 0 Å². The predicted molar refractivity (Wildman–Crippen MR) is 126 cm³/mol. The molecule has 0 bridgehead atoms. The van der Waals surface area contributed by atoms with Crippen LogP contribution in [0.15, 0.2) is 69.2 Å². The molecular formula is C26H24O4S. The lowest BCUT2D eigenvalue weighted by molar-refractivity contribution is 0.0924. The molecule has 0 aliphatic heterocycles. The minimum atomic E-state index is -0.282. The van der Waals surface area contributed by atoms with Gasteiger partial charge in [-0.3, -0.25) is 9.59 Å². The van der Waals surface area contributed by atoms with Gasteiger partial charge in [0.1, 0.15) is 5.58 Å². The number of rotatable bonds is 5. The number of hydrogen-bond acceptors (Lipinski definition) is 5. The molecule has 0 spiro atoms. The molecule has 0 atom stereocenters. The van der Waals surface area contributed by atoms with Crippen molar-refractivity contribution < 1.29 is 13.9 Å². The maximum absolute atomic E-state index is 13.3. The molecular weight excluding hydrogens is 408 g/mol. The minimum Gasteiger partial charge on any atom is -0.478 e. The molecule has 0 aliphatic rings. The van der Waals surface area contributed by atoms with E-state index in [1.54, 1.807) is 12.1 Å². The summed E-state index contributed by atoms with van der Waals surface area (Å²) in [5, 5.41) is 2.27. The van der Waals surface area contributed by atoms with Gasteiger partial charge in [0.05, 0.1) is 10.3 Å². The number of benzene rings is 2. The highest BCUT2D eigenvalue weighted by atomic mass is 32.1. The van der Waals surface area contributed by atoms with Crippen molar-refractivity contribution in [1.29, 1.82) is 0 Å². The fourth-order valence-electron chi connectivity index (χ4n) is 3.37. The fourth-order valence-corrected chi connectivity index (χ4v) is 4.02. The van der Waals surface area contributed by atoms with Crippen LogP contribution in [0.2, 0.25) is 0 Å². The summed E-state index contributed by atoms with van der Waals surface area (Å²) < 4.78 is 12.0.